The van der Waals surface area contributed by atoms with Crippen LogP contribution in [0.1, 0.15) is 12.8 Å². The van der Waals surface area contributed by atoms with Crippen molar-refractivity contribution in [3.05, 3.63) is 24.5 Å². The van der Waals surface area contributed by atoms with Crippen LogP contribution >= 0.6 is 0 Å². The number of pyridine rings is 1. The predicted molar refractivity (Wildman–Crippen MR) is 72.2 cm³/mol. The van der Waals surface area contributed by atoms with Gasteiger partial charge < -0.3 is 9.08 Å². The van der Waals surface area contributed by atoms with Crippen molar-refractivity contribution in [1.29, 1.82) is 0 Å². The number of hydrogen-bond acceptors (Lipinski definition) is 5. The fourth-order valence-corrected chi connectivity index (χ4v) is 2.83. The van der Waals surface area contributed by atoms with E-state index in [9.17, 15) is 21.6 Å². The number of aromatic nitrogens is 2. The van der Waals surface area contributed by atoms with E-state index in [1.807, 2.05) is 4.90 Å². The van der Waals surface area contributed by atoms with Gasteiger partial charge in [-0.05, 0) is 18.9 Å². The summed E-state index contributed by atoms with van der Waals surface area (Å²) in [6.45, 7) is 1.50. The van der Waals surface area contributed by atoms with Crippen LogP contribution in [0.15, 0.2) is 24.5 Å². The minimum absolute atomic E-state index is 0.149. The van der Waals surface area contributed by atoms with Crippen molar-refractivity contribution in [3.8, 4) is 5.75 Å². The molecule has 1 aliphatic rings. The summed E-state index contributed by atoms with van der Waals surface area (Å²) in [4.78, 5) is 1.94. The molecule has 2 aromatic rings. The van der Waals surface area contributed by atoms with Crippen LogP contribution in [0.5, 0.6) is 5.75 Å². The number of hydrogen-bond donors (Lipinski definition) is 0. The lowest BCUT2D eigenvalue weighted by molar-refractivity contribution is -0.0499. The second kappa shape index (κ2) is 5.04. The van der Waals surface area contributed by atoms with Crippen LogP contribution in [0.2, 0.25) is 0 Å². The highest BCUT2D eigenvalue weighted by Crippen LogP contribution is 2.33. The third kappa shape index (κ3) is 2.58. The highest BCUT2D eigenvalue weighted by Gasteiger charge is 2.48. The first-order valence-corrected chi connectivity index (χ1v) is 7.92. The Kier molecular flexibility index (Phi) is 3.42. The molecule has 6 nitrogen and oxygen atoms in total. The molecule has 3 rings (SSSR count). The van der Waals surface area contributed by atoms with Gasteiger partial charge in [-0.1, -0.05) is 0 Å². The fourth-order valence-electron chi connectivity index (χ4n) is 2.36. The van der Waals surface area contributed by atoms with Gasteiger partial charge in [0.15, 0.2) is 5.75 Å². The third-order valence-corrected chi connectivity index (χ3v) is 4.38. The second-order valence-corrected chi connectivity index (χ2v) is 6.44. The van der Waals surface area contributed by atoms with Gasteiger partial charge in [0, 0.05) is 19.2 Å². The maximum atomic E-state index is 12.5. The normalized spacial score (nSPS) is 16.4. The molecule has 3 heterocycles. The van der Waals surface area contributed by atoms with Gasteiger partial charge in [-0.2, -0.15) is 26.7 Å². The van der Waals surface area contributed by atoms with Gasteiger partial charge in [-0.3, -0.25) is 0 Å². The summed E-state index contributed by atoms with van der Waals surface area (Å²) >= 11 is 0. The Morgan fingerprint density at radius 3 is 2.55 bits per heavy atom. The summed E-state index contributed by atoms with van der Waals surface area (Å²) in [6.07, 6.45) is 4.92. The number of rotatable bonds is 3. The summed E-state index contributed by atoms with van der Waals surface area (Å²) in [5, 5.41) is 3.94. The molecular weight excluding hydrogens is 323 g/mol. The first-order chi connectivity index (χ1) is 10.3. The SMILES string of the molecule is O=S(=O)(Oc1cc(N2CCCC2)cn2nccc12)C(F)(F)F. The summed E-state index contributed by atoms with van der Waals surface area (Å²) < 4.78 is 65.6. The molecule has 120 valence electrons. The number of halogens is 3. The van der Waals surface area contributed by atoms with Gasteiger partial charge in [-0.25, -0.2) is 4.52 Å². The molecule has 0 spiro atoms. The topological polar surface area (TPSA) is 63.9 Å². The Morgan fingerprint density at radius 2 is 1.91 bits per heavy atom. The van der Waals surface area contributed by atoms with Gasteiger partial charge in [-0.15, -0.1) is 0 Å². The molecule has 0 atom stereocenters. The quantitative estimate of drug-likeness (QED) is 0.635. The van der Waals surface area contributed by atoms with Crippen molar-refractivity contribution < 1.29 is 25.8 Å². The molecule has 1 aliphatic heterocycles. The maximum absolute atomic E-state index is 12.5. The Morgan fingerprint density at radius 1 is 1.23 bits per heavy atom. The standard InChI is InChI=1S/C12H12F3N3O3S/c13-12(14,15)22(19,20)21-11-7-9(17-5-1-2-6-17)8-18-10(11)3-4-16-18/h3-4,7-8H,1-2,5-6H2. The van der Waals surface area contributed by atoms with Crippen LogP contribution in [0.3, 0.4) is 0 Å². The van der Waals surface area contributed by atoms with E-state index >= 15 is 0 Å². The third-order valence-electron chi connectivity index (χ3n) is 3.41. The lowest BCUT2D eigenvalue weighted by atomic mass is 10.3. The van der Waals surface area contributed by atoms with Crippen molar-refractivity contribution in [2.75, 3.05) is 18.0 Å². The smallest absolute Gasteiger partial charge is 0.374 e. The van der Waals surface area contributed by atoms with Crippen molar-refractivity contribution in [3.63, 3.8) is 0 Å². The number of alkyl halides is 3. The van der Waals surface area contributed by atoms with Gasteiger partial charge in [0.05, 0.1) is 18.1 Å². The minimum Gasteiger partial charge on any atom is -0.374 e. The van der Waals surface area contributed by atoms with Crippen LogP contribution in [-0.4, -0.2) is 36.6 Å². The Bertz CT molecular complexity index is 795. The number of nitrogens with zero attached hydrogens (tertiary/aromatic N) is 3. The van der Waals surface area contributed by atoms with Crippen molar-refractivity contribution in [2.24, 2.45) is 0 Å². The van der Waals surface area contributed by atoms with Crippen LogP contribution in [0.4, 0.5) is 18.9 Å². The van der Waals surface area contributed by atoms with E-state index in [-0.39, 0.29) is 11.3 Å². The molecule has 0 unspecified atom stereocenters. The average Bonchev–Trinajstić information content (AvgIpc) is 3.08. The molecule has 1 fully saturated rings. The van der Waals surface area contributed by atoms with Crippen molar-refractivity contribution in [1.82, 2.24) is 9.61 Å². The first-order valence-electron chi connectivity index (χ1n) is 6.51. The zero-order valence-corrected chi connectivity index (χ0v) is 12.1. The van der Waals surface area contributed by atoms with Crippen LogP contribution in [0, 0.1) is 0 Å². The monoisotopic (exact) mass is 335 g/mol. The van der Waals surface area contributed by atoms with Gasteiger partial charge in [0.25, 0.3) is 0 Å². The van der Waals surface area contributed by atoms with E-state index < -0.39 is 15.6 Å². The second-order valence-electron chi connectivity index (χ2n) is 4.90. The summed E-state index contributed by atoms with van der Waals surface area (Å²) in [5.74, 6) is -0.390. The fraction of sp³-hybridized carbons (Fsp3) is 0.417. The van der Waals surface area contributed by atoms with Gasteiger partial charge in [0.1, 0.15) is 5.52 Å². The van der Waals surface area contributed by atoms with E-state index in [0.29, 0.717) is 5.69 Å². The molecular formula is C12H12F3N3O3S. The van der Waals surface area contributed by atoms with Gasteiger partial charge in [0.2, 0.25) is 0 Å². The Labute approximate surface area is 124 Å². The first kappa shape index (κ1) is 14.9. The molecule has 2 aromatic heterocycles. The van der Waals surface area contributed by atoms with Crippen molar-refractivity contribution in [2.45, 2.75) is 18.3 Å². The number of fused-ring (bicyclic) bond motifs is 1. The zero-order chi connectivity index (χ0) is 16.0. The minimum atomic E-state index is -5.72. The Hall–Kier alpha value is -1.97. The van der Waals surface area contributed by atoms with E-state index in [0.717, 1.165) is 25.9 Å². The zero-order valence-electron chi connectivity index (χ0n) is 11.2. The molecule has 0 saturated carbocycles. The number of anilines is 1. The lowest BCUT2D eigenvalue weighted by Gasteiger charge is -2.19. The molecule has 0 aromatic carbocycles. The average molecular weight is 335 g/mol. The Balaban J connectivity index is 2.06. The van der Waals surface area contributed by atoms with E-state index in [2.05, 4.69) is 9.28 Å². The predicted octanol–water partition coefficient (Wildman–Crippen LogP) is 2.16. The molecule has 0 bridgehead atoms. The highest BCUT2D eigenvalue weighted by atomic mass is 32.2. The summed E-state index contributed by atoms with van der Waals surface area (Å²) in [7, 11) is -5.72. The molecule has 10 heteroatoms. The molecule has 0 N–H and O–H groups in total. The molecule has 22 heavy (non-hydrogen) atoms. The molecule has 0 amide bonds. The largest absolute Gasteiger partial charge is 0.534 e. The van der Waals surface area contributed by atoms with Crippen molar-refractivity contribution >= 4 is 21.3 Å². The lowest BCUT2D eigenvalue weighted by Crippen LogP contribution is -2.28. The van der Waals surface area contributed by atoms with E-state index in [1.165, 1.54) is 22.8 Å². The maximum Gasteiger partial charge on any atom is 0.534 e. The van der Waals surface area contributed by atoms with E-state index in [1.54, 1.807) is 6.20 Å². The molecule has 0 aliphatic carbocycles. The summed E-state index contributed by atoms with van der Waals surface area (Å²) in [5.41, 5.74) is -4.76. The van der Waals surface area contributed by atoms with E-state index in [4.69, 9.17) is 0 Å². The van der Waals surface area contributed by atoms with Crippen LogP contribution in [-0.2, 0) is 10.1 Å². The highest BCUT2D eigenvalue weighted by molar-refractivity contribution is 7.88. The molecule has 1 saturated heterocycles. The molecule has 0 radical (unpaired) electrons. The van der Waals surface area contributed by atoms with Gasteiger partial charge >= 0.3 is 15.6 Å². The van der Waals surface area contributed by atoms with Crippen LogP contribution in [0.25, 0.3) is 5.52 Å². The summed E-state index contributed by atoms with van der Waals surface area (Å²) in [6, 6.07) is 2.68. The van der Waals surface area contributed by atoms with Crippen LogP contribution < -0.4 is 9.08 Å².